The Hall–Kier alpha value is -1.02. The van der Waals surface area contributed by atoms with Crippen molar-refractivity contribution in [2.75, 3.05) is 14.2 Å². The largest absolute Gasteiger partial charge is 0.354 e. The third-order valence-electron chi connectivity index (χ3n) is 2.54. The Morgan fingerprint density at radius 2 is 2.18 bits per heavy atom. The number of ether oxygens (including phenoxy) is 2. The molecular formula is C10H21N5O2. The summed E-state index contributed by atoms with van der Waals surface area (Å²) >= 11 is 0. The molecule has 3 N–H and O–H groups in total. The molecule has 0 saturated heterocycles. The van der Waals surface area contributed by atoms with Gasteiger partial charge in [0.15, 0.2) is 6.29 Å². The van der Waals surface area contributed by atoms with Crippen LogP contribution in [0.1, 0.15) is 19.2 Å². The molecule has 0 amide bonds. The fourth-order valence-electron chi connectivity index (χ4n) is 1.70. The zero-order valence-corrected chi connectivity index (χ0v) is 10.6. The fourth-order valence-corrected chi connectivity index (χ4v) is 1.70. The van der Waals surface area contributed by atoms with E-state index in [4.69, 9.17) is 15.3 Å². The summed E-state index contributed by atoms with van der Waals surface area (Å²) in [5.74, 6) is 6.37. The standard InChI is InChI=1S/C10H21N5O2/c1-4-5-15-9(12-7-13-15)6-8(14-11)10(16-2)17-3/h7-8,10,14H,4-6,11H2,1-3H3. The maximum Gasteiger partial charge on any atom is 0.173 e. The lowest BCUT2D eigenvalue weighted by Crippen LogP contribution is -2.47. The molecule has 17 heavy (non-hydrogen) atoms. The number of methoxy groups -OCH3 is 2. The van der Waals surface area contributed by atoms with Crippen LogP contribution in [0.2, 0.25) is 0 Å². The Kier molecular flexibility index (Phi) is 6.06. The average Bonchev–Trinajstić information content (AvgIpc) is 2.77. The van der Waals surface area contributed by atoms with Crippen molar-refractivity contribution in [1.29, 1.82) is 0 Å². The van der Waals surface area contributed by atoms with Gasteiger partial charge >= 0.3 is 0 Å². The van der Waals surface area contributed by atoms with Crippen molar-refractivity contribution >= 4 is 0 Å². The normalized spacial score (nSPS) is 13.2. The summed E-state index contributed by atoms with van der Waals surface area (Å²) in [5, 5.41) is 4.16. The van der Waals surface area contributed by atoms with Crippen molar-refractivity contribution in [3.63, 3.8) is 0 Å². The predicted molar refractivity (Wildman–Crippen MR) is 62.9 cm³/mol. The van der Waals surface area contributed by atoms with Gasteiger partial charge in [0.25, 0.3) is 0 Å². The van der Waals surface area contributed by atoms with Gasteiger partial charge in [-0.3, -0.25) is 16.0 Å². The molecule has 0 spiro atoms. The molecule has 0 aliphatic rings. The highest BCUT2D eigenvalue weighted by atomic mass is 16.7. The van der Waals surface area contributed by atoms with Crippen LogP contribution >= 0.6 is 0 Å². The summed E-state index contributed by atoms with van der Waals surface area (Å²) in [6.07, 6.45) is 2.75. The monoisotopic (exact) mass is 243 g/mol. The Balaban J connectivity index is 2.69. The molecule has 7 heteroatoms. The van der Waals surface area contributed by atoms with Crippen LogP contribution in [0, 0.1) is 0 Å². The van der Waals surface area contributed by atoms with Crippen molar-refractivity contribution in [3.05, 3.63) is 12.2 Å². The second kappa shape index (κ2) is 7.33. The van der Waals surface area contributed by atoms with E-state index in [0.29, 0.717) is 6.42 Å². The van der Waals surface area contributed by atoms with Crippen LogP contribution in [0.25, 0.3) is 0 Å². The van der Waals surface area contributed by atoms with E-state index in [9.17, 15) is 0 Å². The highest BCUT2D eigenvalue weighted by Gasteiger charge is 2.22. The number of aryl methyl sites for hydroxylation is 1. The van der Waals surface area contributed by atoms with Gasteiger partial charge in [0, 0.05) is 27.2 Å². The van der Waals surface area contributed by atoms with Gasteiger partial charge in [-0.1, -0.05) is 6.92 Å². The van der Waals surface area contributed by atoms with E-state index >= 15 is 0 Å². The average molecular weight is 243 g/mol. The van der Waals surface area contributed by atoms with E-state index in [2.05, 4.69) is 22.4 Å². The molecule has 0 bridgehead atoms. The molecule has 0 saturated carbocycles. The van der Waals surface area contributed by atoms with Crippen LogP contribution in [0.15, 0.2) is 6.33 Å². The summed E-state index contributed by atoms with van der Waals surface area (Å²) in [4.78, 5) is 4.22. The smallest absolute Gasteiger partial charge is 0.173 e. The number of hydrogen-bond donors (Lipinski definition) is 2. The molecule has 1 unspecified atom stereocenters. The summed E-state index contributed by atoms with van der Waals surface area (Å²) in [6, 6.07) is -0.162. The van der Waals surface area contributed by atoms with Crippen LogP contribution < -0.4 is 11.3 Å². The maximum absolute atomic E-state index is 5.50. The first-order valence-corrected chi connectivity index (χ1v) is 5.65. The number of hydrogen-bond acceptors (Lipinski definition) is 6. The zero-order valence-electron chi connectivity index (χ0n) is 10.6. The van der Waals surface area contributed by atoms with Crippen molar-refractivity contribution in [1.82, 2.24) is 20.2 Å². The van der Waals surface area contributed by atoms with E-state index in [-0.39, 0.29) is 6.04 Å². The first-order valence-electron chi connectivity index (χ1n) is 5.65. The third-order valence-corrected chi connectivity index (χ3v) is 2.54. The summed E-state index contributed by atoms with van der Waals surface area (Å²) in [7, 11) is 3.16. The van der Waals surface area contributed by atoms with Crippen LogP contribution in [-0.2, 0) is 22.4 Å². The molecule has 0 aliphatic heterocycles. The molecule has 1 aromatic heterocycles. The Labute approximate surface area is 101 Å². The number of aromatic nitrogens is 3. The van der Waals surface area contributed by atoms with Gasteiger partial charge < -0.3 is 9.47 Å². The van der Waals surface area contributed by atoms with Crippen molar-refractivity contribution in [3.8, 4) is 0 Å². The van der Waals surface area contributed by atoms with Gasteiger partial charge in [-0.25, -0.2) is 4.98 Å². The van der Waals surface area contributed by atoms with E-state index in [1.54, 1.807) is 20.5 Å². The van der Waals surface area contributed by atoms with Crippen molar-refractivity contribution < 1.29 is 9.47 Å². The van der Waals surface area contributed by atoms with E-state index in [1.165, 1.54) is 0 Å². The molecule has 98 valence electrons. The molecule has 1 heterocycles. The highest BCUT2D eigenvalue weighted by Crippen LogP contribution is 2.06. The second-order valence-electron chi connectivity index (χ2n) is 3.72. The number of nitrogens with one attached hydrogen (secondary N) is 1. The molecule has 0 fully saturated rings. The van der Waals surface area contributed by atoms with Crippen molar-refractivity contribution in [2.24, 2.45) is 5.84 Å². The number of nitrogens with two attached hydrogens (primary N) is 1. The first-order chi connectivity index (χ1) is 8.26. The van der Waals surface area contributed by atoms with Gasteiger partial charge in [0.05, 0.1) is 6.04 Å². The lowest BCUT2D eigenvalue weighted by atomic mass is 10.2. The molecule has 7 nitrogen and oxygen atoms in total. The van der Waals surface area contributed by atoms with E-state index < -0.39 is 6.29 Å². The highest BCUT2D eigenvalue weighted by molar-refractivity contribution is 4.90. The summed E-state index contributed by atoms with van der Waals surface area (Å²) in [5.41, 5.74) is 2.68. The van der Waals surface area contributed by atoms with Crippen LogP contribution in [0.3, 0.4) is 0 Å². The fraction of sp³-hybridized carbons (Fsp3) is 0.800. The van der Waals surface area contributed by atoms with Gasteiger partial charge in [-0.05, 0) is 6.42 Å². The molecule has 0 aromatic carbocycles. The van der Waals surface area contributed by atoms with Crippen molar-refractivity contribution in [2.45, 2.75) is 38.6 Å². The molecule has 0 radical (unpaired) electrons. The van der Waals surface area contributed by atoms with E-state index in [1.807, 2.05) is 4.68 Å². The summed E-state index contributed by atoms with van der Waals surface area (Å²) < 4.78 is 12.2. The number of nitrogens with zero attached hydrogens (tertiary/aromatic N) is 3. The van der Waals surface area contributed by atoms with Gasteiger partial charge in [-0.15, -0.1) is 0 Å². The third kappa shape index (κ3) is 3.74. The SMILES string of the molecule is CCCn1ncnc1CC(NN)C(OC)OC. The minimum atomic E-state index is -0.410. The lowest BCUT2D eigenvalue weighted by molar-refractivity contribution is -0.123. The Morgan fingerprint density at radius 3 is 2.71 bits per heavy atom. The second-order valence-corrected chi connectivity index (χ2v) is 3.72. The van der Waals surface area contributed by atoms with Crippen LogP contribution in [0.4, 0.5) is 0 Å². The number of hydrazine groups is 1. The summed E-state index contributed by atoms with van der Waals surface area (Å²) in [6.45, 7) is 2.94. The van der Waals surface area contributed by atoms with Gasteiger partial charge in [-0.2, -0.15) is 5.10 Å². The molecule has 1 rings (SSSR count). The molecule has 1 atom stereocenters. The quantitative estimate of drug-likeness (QED) is 0.370. The Bertz CT molecular complexity index is 313. The van der Waals surface area contributed by atoms with Crippen LogP contribution in [-0.4, -0.2) is 41.3 Å². The minimum absolute atomic E-state index is 0.162. The topological polar surface area (TPSA) is 87.2 Å². The lowest BCUT2D eigenvalue weighted by Gasteiger charge is -2.23. The van der Waals surface area contributed by atoms with Gasteiger partial charge in [0.1, 0.15) is 12.2 Å². The maximum atomic E-state index is 5.50. The van der Waals surface area contributed by atoms with Gasteiger partial charge in [0.2, 0.25) is 0 Å². The van der Waals surface area contributed by atoms with E-state index in [0.717, 1.165) is 18.8 Å². The zero-order chi connectivity index (χ0) is 12.7. The minimum Gasteiger partial charge on any atom is -0.354 e. The molecule has 1 aromatic rings. The molecular weight excluding hydrogens is 222 g/mol. The van der Waals surface area contributed by atoms with Crippen LogP contribution in [0.5, 0.6) is 0 Å². The Morgan fingerprint density at radius 1 is 1.47 bits per heavy atom. The molecule has 0 aliphatic carbocycles. The predicted octanol–water partition coefficient (Wildman–Crippen LogP) is -0.319. The first kappa shape index (κ1) is 14.0. The number of rotatable bonds is 8.